The number of hydrogen-bond donors (Lipinski definition) is 2. The summed E-state index contributed by atoms with van der Waals surface area (Å²) in [4.78, 5) is 23.8. The zero-order valence-electron chi connectivity index (χ0n) is 15.5. The summed E-state index contributed by atoms with van der Waals surface area (Å²) in [7, 11) is -4.14. The summed E-state index contributed by atoms with van der Waals surface area (Å²) >= 11 is 1.79. The van der Waals surface area contributed by atoms with Crippen molar-refractivity contribution < 1.29 is 23.2 Å². The smallest absolute Gasteiger partial charge is 0.337 e. The number of hydrogen-bond acceptors (Lipinski definition) is 7. The molecule has 0 aliphatic carbocycles. The monoisotopic (exact) mass is 437 g/mol. The second kappa shape index (κ2) is 8.29. The predicted octanol–water partition coefficient (Wildman–Crippen LogP) is 2.96. The third-order valence-corrected chi connectivity index (χ3v) is 6.97. The molecule has 1 heterocycles. The van der Waals surface area contributed by atoms with E-state index >= 15 is 0 Å². The molecule has 3 rings (SSSR count). The lowest BCUT2D eigenvalue weighted by Crippen LogP contribution is -2.33. The first-order chi connectivity index (χ1) is 13.7. The average Bonchev–Trinajstić information content (AvgIpc) is 2.68. The number of nitro benzene ring substituents is 1. The Morgan fingerprint density at radius 2 is 1.90 bits per heavy atom. The first-order valence-electron chi connectivity index (χ1n) is 8.67. The van der Waals surface area contributed by atoms with E-state index in [9.17, 15) is 28.4 Å². The normalized spacial score (nSPS) is 14.4. The number of sulfonamides is 1. The van der Waals surface area contributed by atoms with Crippen LogP contribution in [0.15, 0.2) is 41.3 Å². The van der Waals surface area contributed by atoms with Crippen LogP contribution in [0.5, 0.6) is 0 Å². The molecule has 0 radical (unpaired) electrons. The number of benzene rings is 2. The van der Waals surface area contributed by atoms with E-state index in [2.05, 4.69) is 4.72 Å². The molecule has 2 N–H and O–H groups in total. The van der Waals surface area contributed by atoms with Crippen LogP contribution >= 0.6 is 11.8 Å². The van der Waals surface area contributed by atoms with Gasteiger partial charge in [-0.25, -0.2) is 13.2 Å². The Kier molecular flexibility index (Phi) is 5.99. The zero-order valence-corrected chi connectivity index (χ0v) is 17.1. The fourth-order valence-electron chi connectivity index (χ4n) is 3.05. The third kappa shape index (κ3) is 4.62. The first kappa shape index (κ1) is 20.9. The van der Waals surface area contributed by atoms with Crippen LogP contribution in [-0.2, 0) is 10.0 Å². The molecule has 0 saturated carbocycles. The van der Waals surface area contributed by atoms with Crippen molar-refractivity contribution in [3.05, 3.63) is 57.6 Å². The Bertz CT molecular complexity index is 1070. The molecule has 9 nitrogen and oxygen atoms in total. The number of aryl methyl sites for hydroxylation is 1. The molecule has 0 bridgehead atoms. The standard InChI is InChI=1S/C18H19N3O6S2/c1-12-2-4-14(21(24)25)11-17(12)29(26,27)19-13-3-5-16(15(10-13)18(22)23)20-6-8-28-9-7-20/h2-5,10-11,19H,6-9H2,1H3,(H,22,23). The highest BCUT2D eigenvalue weighted by molar-refractivity contribution is 7.99. The number of nitrogens with zero attached hydrogens (tertiary/aromatic N) is 2. The number of thioether (sulfide) groups is 1. The molecule has 11 heteroatoms. The molecule has 0 unspecified atom stereocenters. The summed E-state index contributed by atoms with van der Waals surface area (Å²) in [6.45, 7) is 2.95. The van der Waals surface area contributed by atoms with Crippen molar-refractivity contribution in [3.8, 4) is 0 Å². The van der Waals surface area contributed by atoms with Crippen molar-refractivity contribution in [1.82, 2.24) is 0 Å². The van der Waals surface area contributed by atoms with Gasteiger partial charge in [-0.3, -0.25) is 14.8 Å². The minimum Gasteiger partial charge on any atom is -0.478 e. The van der Waals surface area contributed by atoms with E-state index in [0.717, 1.165) is 17.6 Å². The molecule has 29 heavy (non-hydrogen) atoms. The number of anilines is 2. The minimum atomic E-state index is -4.14. The molecule has 154 valence electrons. The van der Waals surface area contributed by atoms with Gasteiger partial charge in [0.15, 0.2) is 0 Å². The van der Waals surface area contributed by atoms with Gasteiger partial charge in [0.2, 0.25) is 0 Å². The van der Waals surface area contributed by atoms with Crippen LogP contribution in [0.2, 0.25) is 0 Å². The maximum absolute atomic E-state index is 12.8. The quantitative estimate of drug-likeness (QED) is 0.521. The summed E-state index contributed by atoms with van der Waals surface area (Å²) in [6.07, 6.45) is 0. The van der Waals surface area contributed by atoms with E-state index in [0.29, 0.717) is 24.3 Å². The largest absolute Gasteiger partial charge is 0.478 e. The Hall–Kier alpha value is -2.79. The maximum Gasteiger partial charge on any atom is 0.337 e. The fraction of sp³-hybridized carbons (Fsp3) is 0.278. The van der Waals surface area contributed by atoms with Crippen LogP contribution in [-0.4, -0.2) is 49.0 Å². The maximum atomic E-state index is 12.8. The van der Waals surface area contributed by atoms with E-state index in [1.807, 2.05) is 4.90 Å². The molecular formula is C18H19N3O6S2. The van der Waals surface area contributed by atoms with Crippen LogP contribution in [0.4, 0.5) is 17.1 Å². The van der Waals surface area contributed by atoms with Gasteiger partial charge in [-0.15, -0.1) is 0 Å². The second-order valence-corrected chi connectivity index (χ2v) is 9.32. The number of nitrogens with one attached hydrogen (secondary N) is 1. The van der Waals surface area contributed by atoms with Gasteiger partial charge in [0.1, 0.15) is 0 Å². The van der Waals surface area contributed by atoms with E-state index < -0.39 is 20.9 Å². The summed E-state index contributed by atoms with van der Waals surface area (Å²) in [5, 5.41) is 20.6. The fourth-order valence-corrected chi connectivity index (χ4v) is 5.27. The van der Waals surface area contributed by atoms with Crippen molar-refractivity contribution in [1.29, 1.82) is 0 Å². The summed E-state index contributed by atoms with van der Waals surface area (Å²) in [5.41, 5.74) is 0.591. The second-order valence-electron chi connectivity index (χ2n) is 6.45. The van der Waals surface area contributed by atoms with Crippen molar-refractivity contribution in [2.75, 3.05) is 34.2 Å². The van der Waals surface area contributed by atoms with Gasteiger partial charge < -0.3 is 10.0 Å². The lowest BCUT2D eigenvalue weighted by atomic mass is 10.1. The zero-order chi connectivity index (χ0) is 21.2. The molecular weight excluding hydrogens is 418 g/mol. The molecule has 1 fully saturated rings. The Morgan fingerprint density at radius 1 is 1.21 bits per heavy atom. The molecule has 1 aliphatic rings. The van der Waals surface area contributed by atoms with Gasteiger partial charge in [0.05, 0.1) is 21.1 Å². The van der Waals surface area contributed by atoms with Gasteiger partial charge in [0, 0.05) is 42.4 Å². The topological polar surface area (TPSA) is 130 Å². The van der Waals surface area contributed by atoms with Crippen LogP contribution < -0.4 is 9.62 Å². The van der Waals surface area contributed by atoms with Crippen molar-refractivity contribution in [2.24, 2.45) is 0 Å². The van der Waals surface area contributed by atoms with E-state index in [4.69, 9.17) is 0 Å². The van der Waals surface area contributed by atoms with E-state index in [-0.39, 0.29) is 21.8 Å². The average molecular weight is 437 g/mol. The van der Waals surface area contributed by atoms with Crippen LogP contribution in [0.1, 0.15) is 15.9 Å². The van der Waals surface area contributed by atoms with Gasteiger partial charge in [-0.2, -0.15) is 11.8 Å². The Balaban J connectivity index is 1.95. The molecule has 2 aromatic rings. The van der Waals surface area contributed by atoms with Crippen LogP contribution in [0, 0.1) is 17.0 Å². The lowest BCUT2D eigenvalue weighted by Gasteiger charge is -2.29. The minimum absolute atomic E-state index is 0.00661. The van der Waals surface area contributed by atoms with E-state index in [1.165, 1.54) is 31.2 Å². The number of carboxylic acids is 1. The Labute approximate surface area is 171 Å². The number of carboxylic acid groups (broad SMARTS) is 1. The summed E-state index contributed by atoms with van der Waals surface area (Å²) in [5.74, 6) is 0.615. The van der Waals surface area contributed by atoms with Crippen LogP contribution in [0.25, 0.3) is 0 Å². The number of non-ortho nitro benzene ring substituents is 1. The first-order valence-corrected chi connectivity index (χ1v) is 11.3. The molecule has 0 spiro atoms. The van der Waals surface area contributed by atoms with Crippen molar-refractivity contribution >= 4 is 44.8 Å². The SMILES string of the molecule is Cc1ccc([N+](=O)[O-])cc1S(=O)(=O)Nc1ccc(N2CCSCC2)c(C(=O)O)c1. The van der Waals surface area contributed by atoms with Gasteiger partial charge in [-0.1, -0.05) is 6.07 Å². The van der Waals surface area contributed by atoms with Crippen molar-refractivity contribution in [2.45, 2.75) is 11.8 Å². The lowest BCUT2D eigenvalue weighted by molar-refractivity contribution is -0.385. The highest BCUT2D eigenvalue weighted by atomic mass is 32.2. The molecule has 0 amide bonds. The number of rotatable bonds is 6. The number of nitro groups is 1. The highest BCUT2D eigenvalue weighted by Gasteiger charge is 2.23. The van der Waals surface area contributed by atoms with E-state index in [1.54, 1.807) is 17.8 Å². The van der Waals surface area contributed by atoms with Crippen LogP contribution in [0.3, 0.4) is 0 Å². The Morgan fingerprint density at radius 3 is 2.52 bits per heavy atom. The molecule has 1 saturated heterocycles. The molecule has 1 aliphatic heterocycles. The molecule has 0 atom stereocenters. The summed E-state index contributed by atoms with van der Waals surface area (Å²) in [6, 6.07) is 7.90. The highest BCUT2D eigenvalue weighted by Crippen LogP contribution is 2.29. The summed E-state index contributed by atoms with van der Waals surface area (Å²) < 4.78 is 27.9. The third-order valence-electron chi connectivity index (χ3n) is 4.50. The van der Waals surface area contributed by atoms with Gasteiger partial charge in [0.25, 0.3) is 15.7 Å². The predicted molar refractivity (Wildman–Crippen MR) is 112 cm³/mol. The van der Waals surface area contributed by atoms with Gasteiger partial charge >= 0.3 is 5.97 Å². The molecule has 0 aromatic heterocycles. The molecule has 2 aromatic carbocycles. The van der Waals surface area contributed by atoms with Gasteiger partial charge in [-0.05, 0) is 30.7 Å². The van der Waals surface area contributed by atoms with Crippen molar-refractivity contribution in [3.63, 3.8) is 0 Å². The number of carbonyl (C=O) groups is 1. The number of aromatic carboxylic acids is 1.